The van der Waals surface area contributed by atoms with Crippen LogP contribution in [-0.4, -0.2) is 77.9 Å². The SMILES string of the molecule is N=C(N)C1CCC2CC(C(=O)N3CCC(F)CC3)N(CC3CCCC(NC(=O)CCN)C3)C2C1. The number of carbonyl (C=O) groups excluding carboxylic acids is 2. The third kappa shape index (κ3) is 5.90. The second-order valence-electron chi connectivity index (χ2n) is 11.1. The maximum Gasteiger partial charge on any atom is 0.239 e. The first-order valence-electron chi connectivity index (χ1n) is 13.4. The number of nitrogens with two attached hydrogens (primary N) is 2. The Kier molecular flexibility index (Phi) is 8.45. The van der Waals surface area contributed by atoms with E-state index >= 15 is 0 Å². The maximum atomic E-state index is 13.7. The summed E-state index contributed by atoms with van der Waals surface area (Å²) in [6, 6.07) is 0.275. The molecular weight excluding hydrogens is 435 g/mol. The molecule has 0 aromatic carbocycles. The number of fused-ring (bicyclic) bond motifs is 1. The summed E-state index contributed by atoms with van der Waals surface area (Å²) in [4.78, 5) is 30.0. The van der Waals surface area contributed by atoms with Crippen molar-refractivity contribution < 1.29 is 14.0 Å². The van der Waals surface area contributed by atoms with E-state index in [4.69, 9.17) is 16.9 Å². The van der Waals surface area contributed by atoms with E-state index in [0.717, 1.165) is 57.9 Å². The highest BCUT2D eigenvalue weighted by atomic mass is 19.1. The molecule has 0 aromatic heterocycles. The molecule has 34 heavy (non-hydrogen) atoms. The van der Waals surface area contributed by atoms with Crippen LogP contribution >= 0.6 is 0 Å². The van der Waals surface area contributed by atoms with E-state index in [1.165, 1.54) is 0 Å². The Bertz CT molecular complexity index is 743. The molecule has 4 rings (SSSR count). The van der Waals surface area contributed by atoms with Gasteiger partial charge in [-0.15, -0.1) is 0 Å². The summed E-state index contributed by atoms with van der Waals surface area (Å²) in [6.07, 6.45) is 8.15. The monoisotopic (exact) mass is 478 g/mol. The molecule has 4 fully saturated rings. The van der Waals surface area contributed by atoms with Crippen molar-refractivity contribution in [2.45, 2.75) is 94.9 Å². The highest BCUT2D eigenvalue weighted by Gasteiger charge is 2.49. The molecule has 2 heterocycles. The summed E-state index contributed by atoms with van der Waals surface area (Å²) in [5.41, 5.74) is 11.4. The van der Waals surface area contributed by atoms with E-state index in [9.17, 15) is 14.0 Å². The lowest BCUT2D eigenvalue weighted by Gasteiger charge is -2.41. The first kappa shape index (κ1) is 25.4. The molecule has 0 radical (unpaired) electrons. The Morgan fingerprint density at radius 3 is 2.50 bits per heavy atom. The molecule has 2 saturated carbocycles. The van der Waals surface area contributed by atoms with Gasteiger partial charge in [0.15, 0.2) is 0 Å². The van der Waals surface area contributed by atoms with Crippen molar-refractivity contribution in [2.75, 3.05) is 26.2 Å². The molecule has 2 amide bonds. The number of piperidine rings is 1. The van der Waals surface area contributed by atoms with Crippen LogP contribution in [0.4, 0.5) is 4.39 Å². The number of likely N-dealkylation sites (tertiary alicyclic amines) is 2. The number of amidine groups is 1. The van der Waals surface area contributed by atoms with E-state index < -0.39 is 6.17 Å². The molecule has 0 spiro atoms. The molecule has 4 aliphatic rings. The van der Waals surface area contributed by atoms with E-state index in [1.807, 2.05) is 4.90 Å². The van der Waals surface area contributed by atoms with Crippen molar-refractivity contribution in [3.63, 3.8) is 0 Å². The highest BCUT2D eigenvalue weighted by molar-refractivity contribution is 5.83. The lowest BCUT2D eigenvalue weighted by atomic mass is 9.77. The fraction of sp³-hybridized carbons (Fsp3) is 0.880. The number of amides is 2. The third-order valence-electron chi connectivity index (χ3n) is 8.76. The van der Waals surface area contributed by atoms with Crippen LogP contribution in [0.2, 0.25) is 0 Å². The Balaban J connectivity index is 1.46. The van der Waals surface area contributed by atoms with Crippen molar-refractivity contribution in [1.82, 2.24) is 15.1 Å². The van der Waals surface area contributed by atoms with Gasteiger partial charge in [-0.3, -0.25) is 19.9 Å². The van der Waals surface area contributed by atoms with Gasteiger partial charge in [0.2, 0.25) is 11.8 Å². The number of alkyl halides is 1. The summed E-state index contributed by atoms with van der Waals surface area (Å²) in [5.74, 6) is 1.40. The second-order valence-corrected chi connectivity index (χ2v) is 11.1. The van der Waals surface area contributed by atoms with Crippen molar-refractivity contribution in [3.8, 4) is 0 Å². The summed E-state index contributed by atoms with van der Waals surface area (Å²) in [5, 5.41) is 11.1. The largest absolute Gasteiger partial charge is 0.387 e. The molecule has 0 bridgehead atoms. The highest BCUT2D eigenvalue weighted by Crippen LogP contribution is 2.43. The molecule has 6 unspecified atom stereocenters. The Hall–Kier alpha value is -1.74. The van der Waals surface area contributed by atoms with Gasteiger partial charge in [-0.05, 0) is 69.6 Å². The summed E-state index contributed by atoms with van der Waals surface area (Å²) >= 11 is 0. The van der Waals surface area contributed by atoms with Gasteiger partial charge in [0.05, 0.1) is 11.9 Å². The van der Waals surface area contributed by atoms with Gasteiger partial charge >= 0.3 is 0 Å². The number of halogens is 1. The zero-order valence-electron chi connectivity index (χ0n) is 20.4. The minimum absolute atomic E-state index is 0.0234. The van der Waals surface area contributed by atoms with Gasteiger partial charge in [0, 0.05) is 50.6 Å². The number of carbonyl (C=O) groups is 2. The Labute approximate surface area is 202 Å². The van der Waals surface area contributed by atoms with Crippen molar-refractivity contribution in [2.24, 2.45) is 29.2 Å². The molecule has 0 aromatic rings. The van der Waals surface area contributed by atoms with Crippen LogP contribution in [-0.2, 0) is 9.59 Å². The second kappa shape index (κ2) is 11.3. The van der Waals surface area contributed by atoms with E-state index in [2.05, 4.69) is 10.2 Å². The van der Waals surface area contributed by atoms with Gasteiger partial charge in [-0.1, -0.05) is 6.42 Å². The van der Waals surface area contributed by atoms with Crippen LogP contribution in [0.5, 0.6) is 0 Å². The topological polar surface area (TPSA) is 129 Å². The van der Waals surface area contributed by atoms with Crippen LogP contribution < -0.4 is 16.8 Å². The molecule has 192 valence electrons. The van der Waals surface area contributed by atoms with Crippen molar-refractivity contribution in [3.05, 3.63) is 0 Å². The van der Waals surface area contributed by atoms with Gasteiger partial charge in [0.25, 0.3) is 0 Å². The van der Waals surface area contributed by atoms with E-state index in [0.29, 0.717) is 50.7 Å². The zero-order valence-corrected chi connectivity index (χ0v) is 20.4. The average molecular weight is 479 g/mol. The molecule has 2 aliphatic heterocycles. The quantitative estimate of drug-likeness (QED) is 0.327. The standard InChI is InChI=1S/C25H43FN6O2/c26-19-7-10-31(11-8-19)25(34)22-13-17-4-5-18(24(28)29)14-21(17)32(22)15-16-2-1-3-20(12-16)30-23(33)6-9-27/h16-22H,1-15,27H2,(H3,28,29)(H,30,33). The molecular formula is C25H43FN6O2. The van der Waals surface area contributed by atoms with E-state index in [-0.39, 0.29) is 41.7 Å². The first-order chi connectivity index (χ1) is 16.4. The molecule has 2 saturated heterocycles. The molecule has 8 nitrogen and oxygen atoms in total. The zero-order chi connectivity index (χ0) is 24.2. The minimum Gasteiger partial charge on any atom is -0.387 e. The fourth-order valence-corrected chi connectivity index (χ4v) is 6.93. The third-order valence-corrected chi connectivity index (χ3v) is 8.76. The number of nitrogens with one attached hydrogen (secondary N) is 2. The Morgan fingerprint density at radius 1 is 1.03 bits per heavy atom. The molecule has 6 N–H and O–H groups in total. The smallest absolute Gasteiger partial charge is 0.239 e. The van der Waals surface area contributed by atoms with Crippen LogP contribution in [0.1, 0.15) is 70.6 Å². The van der Waals surface area contributed by atoms with Gasteiger partial charge in [-0.2, -0.15) is 0 Å². The summed E-state index contributed by atoms with van der Waals surface area (Å²) < 4.78 is 13.7. The molecule has 6 atom stereocenters. The van der Waals surface area contributed by atoms with Crippen LogP contribution in [0, 0.1) is 23.2 Å². The summed E-state index contributed by atoms with van der Waals surface area (Å²) in [7, 11) is 0. The predicted molar refractivity (Wildman–Crippen MR) is 130 cm³/mol. The van der Waals surface area contributed by atoms with Crippen LogP contribution in [0.25, 0.3) is 0 Å². The minimum atomic E-state index is -0.795. The number of hydrogen-bond acceptors (Lipinski definition) is 5. The van der Waals surface area contributed by atoms with Gasteiger partial charge in [-0.25, -0.2) is 4.39 Å². The predicted octanol–water partition coefficient (Wildman–Crippen LogP) is 1.77. The normalized spacial score (nSPS) is 35.1. The molecule has 9 heteroatoms. The fourth-order valence-electron chi connectivity index (χ4n) is 6.93. The number of nitrogens with zero attached hydrogens (tertiary/aromatic N) is 2. The van der Waals surface area contributed by atoms with Crippen molar-refractivity contribution >= 4 is 17.6 Å². The average Bonchev–Trinajstić information content (AvgIpc) is 3.17. The van der Waals surface area contributed by atoms with Gasteiger partial charge in [0.1, 0.15) is 6.17 Å². The number of rotatable bonds is 7. The molecule has 2 aliphatic carbocycles. The lowest BCUT2D eigenvalue weighted by molar-refractivity contribution is -0.138. The van der Waals surface area contributed by atoms with Crippen LogP contribution in [0.3, 0.4) is 0 Å². The lowest BCUT2D eigenvalue weighted by Crippen LogP contribution is -2.52. The number of hydrogen-bond donors (Lipinski definition) is 4. The van der Waals surface area contributed by atoms with E-state index in [1.54, 1.807) is 0 Å². The maximum absolute atomic E-state index is 13.7. The van der Waals surface area contributed by atoms with Crippen molar-refractivity contribution in [1.29, 1.82) is 5.41 Å². The Morgan fingerprint density at radius 2 is 1.79 bits per heavy atom. The summed E-state index contributed by atoms with van der Waals surface area (Å²) in [6.45, 7) is 2.22. The van der Waals surface area contributed by atoms with Crippen LogP contribution in [0.15, 0.2) is 0 Å². The van der Waals surface area contributed by atoms with Gasteiger partial charge < -0.3 is 21.7 Å². The first-order valence-corrected chi connectivity index (χ1v) is 13.4.